The summed E-state index contributed by atoms with van der Waals surface area (Å²) >= 11 is 1.68. The molecule has 4 nitrogen and oxygen atoms in total. The molecule has 0 atom stereocenters. The van der Waals surface area contributed by atoms with E-state index in [9.17, 15) is 10.2 Å². The Labute approximate surface area is 110 Å². The lowest BCUT2D eigenvalue weighted by Gasteiger charge is -2.05. The normalized spacial score (nSPS) is 10.7. The van der Waals surface area contributed by atoms with Crippen LogP contribution in [-0.4, -0.2) is 21.7 Å². The third kappa shape index (κ3) is 3.45. The fourth-order valence-corrected chi connectivity index (χ4v) is 2.40. The summed E-state index contributed by atoms with van der Waals surface area (Å²) in [6.07, 6.45) is 0.905. The summed E-state index contributed by atoms with van der Waals surface area (Å²) in [6, 6.07) is 4.85. The first kappa shape index (κ1) is 12.9. The first-order valence-corrected chi connectivity index (χ1v) is 6.65. The van der Waals surface area contributed by atoms with Crippen LogP contribution in [-0.2, 0) is 13.0 Å². The van der Waals surface area contributed by atoms with Crippen molar-refractivity contribution >= 4 is 11.3 Å². The number of benzene rings is 1. The maximum atomic E-state index is 9.35. The minimum absolute atomic E-state index is 0.0788. The standard InChI is InChI=1S/C13H16N2O2S/c1-9-8-18-13(15-9)4-5-14-7-10-2-3-11(16)12(17)6-10/h2-3,6,8,14,16-17H,4-5,7H2,1H3. The van der Waals surface area contributed by atoms with Gasteiger partial charge < -0.3 is 15.5 Å². The highest BCUT2D eigenvalue weighted by Crippen LogP contribution is 2.24. The van der Waals surface area contributed by atoms with E-state index in [1.54, 1.807) is 23.5 Å². The van der Waals surface area contributed by atoms with E-state index in [1.807, 2.05) is 12.3 Å². The minimum Gasteiger partial charge on any atom is -0.504 e. The number of thiazole rings is 1. The number of phenolic OH excluding ortho intramolecular Hbond substituents is 2. The predicted octanol–water partition coefficient (Wildman–Crippen LogP) is 2.20. The number of aromatic hydroxyl groups is 2. The van der Waals surface area contributed by atoms with E-state index in [4.69, 9.17) is 0 Å². The second-order valence-electron chi connectivity index (χ2n) is 4.13. The molecule has 1 aromatic heterocycles. The van der Waals surface area contributed by atoms with Crippen LogP contribution in [0.1, 0.15) is 16.3 Å². The molecule has 0 spiro atoms. The first-order chi connectivity index (χ1) is 8.65. The quantitative estimate of drug-likeness (QED) is 0.572. The minimum atomic E-state index is -0.0861. The van der Waals surface area contributed by atoms with E-state index in [0.717, 1.165) is 29.2 Å². The van der Waals surface area contributed by atoms with Gasteiger partial charge in [0, 0.05) is 30.6 Å². The van der Waals surface area contributed by atoms with Crippen LogP contribution in [0.5, 0.6) is 11.5 Å². The van der Waals surface area contributed by atoms with Crippen LogP contribution < -0.4 is 5.32 Å². The van der Waals surface area contributed by atoms with Gasteiger partial charge in [0.15, 0.2) is 11.5 Å². The van der Waals surface area contributed by atoms with E-state index < -0.39 is 0 Å². The maximum Gasteiger partial charge on any atom is 0.157 e. The van der Waals surface area contributed by atoms with Gasteiger partial charge in [-0.2, -0.15) is 0 Å². The van der Waals surface area contributed by atoms with Crippen molar-refractivity contribution in [3.8, 4) is 11.5 Å². The Balaban J connectivity index is 1.76. The van der Waals surface area contributed by atoms with Crippen molar-refractivity contribution in [1.29, 1.82) is 0 Å². The average molecular weight is 264 g/mol. The molecule has 0 aliphatic rings. The molecule has 1 aromatic carbocycles. The fourth-order valence-electron chi connectivity index (χ4n) is 1.62. The number of aryl methyl sites for hydroxylation is 1. The molecule has 5 heteroatoms. The van der Waals surface area contributed by atoms with Crippen LogP contribution >= 0.6 is 11.3 Å². The van der Waals surface area contributed by atoms with Crippen molar-refractivity contribution in [3.05, 3.63) is 39.8 Å². The lowest BCUT2D eigenvalue weighted by molar-refractivity contribution is 0.403. The number of hydrogen-bond donors (Lipinski definition) is 3. The molecule has 0 aliphatic heterocycles. The number of rotatable bonds is 5. The largest absolute Gasteiger partial charge is 0.504 e. The van der Waals surface area contributed by atoms with E-state index in [0.29, 0.717) is 6.54 Å². The number of aromatic nitrogens is 1. The Kier molecular flexibility index (Phi) is 4.17. The van der Waals surface area contributed by atoms with Crippen molar-refractivity contribution in [2.45, 2.75) is 19.9 Å². The molecule has 0 radical (unpaired) electrons. The summed E-state index contributed by atoms with van der Waals surface area (Å²) in [6.45, 7) is 3.50. The van der Waals surface area contributed by atoms with Gasteiger partial charge in [0.25, 0.3) is 0 Å². The molecule has 0 bridgehead atoms. The Hall–Kier alpha value is -1.59. The fraction of sp³-hybridized carbons (Fsp3) is 0.308. The van der Waals surface area contributed by atoms with Crippen LogP contribution in [0.2, 0.25) is 0 Å². The molecule has 0 fully saturated rings. The summed E-state index contributed by atoms with van der Waals surface area (Å²) in [5.41, 5.74) is 2.01. The Morgan fingerprint density at radius 1 is 1.28 bits per heavy atom. The van der Waals surface area contributed by atoms with Gasteiger partial charge in [-0.15, -0.1) is 11.3 Å². The van der Waals surface area contributed by atoms with Crippen LogP contribution in [0.4, 0.5) is 0 Å². The van der Waals surface area contributed by atoms with Crippen LogP contribution in [0, 0.1) is 6.92 Å². The predicted molar refractivity (Wildman–Crippen MR) is 72.0 cm³/mol. The molecule has 0 unspecified atom stereocenters. The summed E-state index contributed by atoms with van der Waals surface area (Å²) in [5.74, 6) is -0.165. The Bertz CT molecular complexity index is 525. The first-order valence-electron chi connectivity index (χ1n) is 5.78. The molecule has 2 aromatic rings. The van der Waals surface area contributed by atoms with Crippen LogP contribution in [0.25, 0.3) is 0 Å². The highest BCUT2D eigenvalue weighted by molar-refractivity contribution is 7.09. The summed E-state index contributed by atoms with van der Waals surface area (Å²) in [5, 5.41) is 25.0. The molecule has 0 aliphatic carbocycles. The highest BCUT2D eigenvalue weighted by atomic mass is 32.1. The van der Waals surface area contributed by atoms with Gasteiger partial charge in [-0.1, -0.05) is 6.07 Å². The van der Waals surface area contributed by atoms with Crippen molar-refractivity contribution in [3.63, 3.8) is 0 Å². The molecule has 1 heterocycles. The van der Waals surface area contributed by atoms with Crippen molar-refractivity contribution in [2.75, 3.05) is 6.54 Å². The third-order valence-corrected chi connectivity index (χ3v) is 3.58. The Morgan fingerprint density at radius 3 is 2.78 bits per heavy atom. The lowest BCUT2D eigenvalue weighted by atomic mass is 10.2. The maximum absolute atomic E-state index is 9.35. The van der Waals surface area contributed by atoms with Gasteiger partial charge in [-0.3, -0.25) is 0 Å². The van der Waals surface area contributed by atoms with Gasteiger partial charge in [-0.05, 0) is 24.6 Å². The second-order valence-corrected chi connectivity index (χ2v) is 5.08. The number of nitrogens with one attached hydrogen (secondary N) is 1. The molecule has 0 saturated carbocycles. The molecule has 0 amide bonds. The van der Waals surface area contributed by atoms with E-state index >= 15 is 0 Å². The van der Waals surface area contributed by atoms with Crippen molar-refractivity contribution in [2.24, 2.45) is 0 Å². The number of phenols is 2. The molecule has 96 valence electrons. The Morgan fingerprint density at radius 2 is 2.11 bits per heavy atom. The summed E-state index contributed by atoms with van der Waals surface area (Å²) < 4.78 is 0. The van der Waals surface area contributed by atoms with Crippen molar-refractivity contribution in [1.82, 2.24) is 10.3 Å². The average Bonchev–Trinajstić information content (AvgIpc) is 2.75. The summed E-state index contributed by atoms with van der Waals surface area (Å²) in [7, 11) is 0. The zero-order valence-corrected chi connectivity index (χ0v) is 11.0. The number of nitrogens with zero attached hydrogens (tertiary/aromatic N) is 1. The smallest absolute Gasteiger partial charge is 0.157 e. The number of hydrogen-bond acceptors (Lipinski definition) is 5. The SMILES string of the molecule is Cc1csc(CCNCc2ccc(O)c(O)c2)n1. The molecular weight excluding hydrogens is 248 g/mol. The van der Waals surface area contributed by atoms with Gasteiger partial charge in [0.1, 0.15) is 0 Å². The van der Waals surface area contributed by atoms with E-state index in [-0.39, 0.29) is 11.5 Å². The van der Waals surface area contributed by atoms with Gasteiger partial charge in [0.05, 0.1) is 5.01 Å². The van der Waals surface area contributed by atoms with E-state index in [1.165, 1.54) is 6.07 Å². The summed E-state index contributed by atoms with van der Waals surface area (Å²) in [4.78, 5) is 4.39. The third-order valence-electron chi connectivity index (χ3n) is 2.55. The van der Waals surface area contributed by atoms with Gasteiger partial charge in [-0.25, -0.2) is 4.98 Å². The molecule has 2 rings (SSSR count). The topological polar surface area (TPSA) is 65.4 Å². The molecule has 0 saturated heterocycles. The zero-order valence-electron chi connectivity index (χ0n) is 10.2. The molecule has 3 N–H and O–H groups in total. The van der Waals surface area contributed by atoms with Gasteiger partial charge >= 0.3 is 0 Å². The van der Waals surface area contributed by atoms with Crippen LogP contribution in [0.15, 0.2) is 23.6 Å². The van der Waals surface area contributed by atoms with Crippen LogP contribution in [0.3, 0.4) is 0 Å². The lowest BCUT2D eigenvalue weighted by Crippen LogP contribution is -2.16. The second kappa shape index (κ2) is 5.84. The highest BCUT2D eigenvalue weighted by Gasteiger charge is 2.01. The monoisotopic (exact) mass is 264 g/mol. The molecule has 18 heavy (non-hydrogen) atoms. The van der Waals surface area contributed by atoms with Gasteiger partial charge in [0.2, 0.25) is 0 Å². The van der Waals surface area contributed by atoms with Crippen molar-refractivity contribution < 1.29 is 10.2 Å². The molecular formula is C13H16N2O2S. The zero-order chi connectivity index (χ0) is 13.0. The van der Waals surface area contributed by atoms with E-state index in [2.05, 4.69) is 10.3 Å².